The van der Waals surface area contributed by atoms with Crippen molar-refractivity contribution in [2.24, 2.45) is 5.41 Å². The number of hydrogen-bond acceptors (Lipinski definition) is 1. The van der Waals surface area contributed by atoms with Crippen molar-refractivity contribution < 1.29 is 22.2 Å². The van der Waals surface area contributed by atoms with Gasteiger partial charge in [0.25, 0.3) is 0 Å². The Labute approximate surface area is 121 Å². The summed E-state index contributed by atoms with van der Waals surface area (Å²) in [5, 5.41) is 10.2. The zero-order valence-corrected chi connectivity index (χ0v) is 12.6. The predicted octanol–water partition coefficient (Wildman–Crippen LogP) is 4.06. The molecule has 0 saturated heterocycles. The van der Waals surface area contributed by atoms with Gasteiger partial charge in [-0.3, -0.25) is 0 Å². The van der Waals surface area contributed by atoms with E-state index in [1.54, 1.807) is 0 Å². The SMILES string of the molecule is CC(C)(C)C(C)(O)[c-]1cccc1.[Fe+2].c1cc[cH-]c1. The van der Waals surface area contributed by atoms with Crippen LogP contribution in [0.15, 0.2) is 54.6 Å². The molecule has 0 bridgehead atoms. The second-order valence-corrected chi connectivity index (χ2v) is 5.46. The zero-order valence-electron chi connectivity index (χ0n) is 11.5. The number of aliphatic hydroxyl groups is 1. The molecule has 0 aliphatic carbocycles. The third-order valence-corrected chi connectivity index (χ3v) is 3.24. The van der Waals surface area contributed by atoms with Crippen LogP contribution in [0.2, 0.25) is 0 Å². The van der Waals surface area contributed by atoms with Crippen LogP contribution in [0.5, 0.6) is 0 Å². The average Bonchev–Trinajstić information content (AvgIpc) is 2.93. The summed E-state index contributed by atoms with van der Waals surface area (Å²) in [6.45, 7) is 7.99. The molecule has 0 aromatic heterocycles. The number of rotatable bonds is 1. The average molecular weight is 286 g/mol. The first-order valence-electron chi connectivity index (χ1n) is 5.97. The van der Waals surface area contributed by atoms with Crippen molar-refractivity contribution in [2.45, 2.75) is 33.3 Å². The minimum Gasteiger partial charge on any atom is -0.397 e. The molecule has 2 aromatic carbocycles. The van der Waals surface area contributed by atoms with Crippen LogP contribution in [0.25, 0.3) is 0 Å². The molecule has 0 aliphatic heterocycles. The van der Waals surface area contributed by atoms with Crippen LogP contribution in [0.1, 0.15) is 33.3 Å². The van der Waals surface area contributed by atoms with E-state index >= 15 is 0 Å². The van der Waals surface area contributed by atoms with Crippen molar-refractivity contribution in [3.05, 3.63) is 60.2 Å². The molecular weight excluding hydrogens is 264 g/mol. The molecule has 0 spiro atoms. The summed E-state index contributed by atoms with van der Waals surface area (Å²) < 4.78 is 0. The van der Waals surface area contributed by atoms with Gasteiger partial charge >= 0.3 is 17.1 Å². The predicted molar refractivity (Wildman–Crippen MR) is 73.1 cm³/mol. The van der Waals surface area contributed by atoms with E-state index in [2.05, 4.69) is 0 Å². The molecule has 0 radical (unpaired) electrons. The van der Waals surface area contributed by atoms with E-state index in [-0.39, 0.29) is 22.5 Å². The Hall–Kier alpha value is -0.821. The molecule has 1 unspecified atom stereocenters. The summed E-state index contributed by atoms with van der Waals surface area (Å²) in [6.07, 6.45) is 0. The van der Waals surface area contributed by atoms with Gasteiger partial charge in [-0.05, 0) is 12.3 Å². The van der Waals surface area contributed by atoms with Crippen LogP contribution < -0.4 is 0 Å². The Balaban J connectivity index is 0.000000405. The van der Waals surface area contributed by atoms with E-state index < -0.39 is 5.60 Å². The topological polar surface area (TPSA) is 20.2 Å². The second kappa shape index (κ2) is 6.94. The first-order valence-corrected chi connectivity index (χ1v) is 5.97. The van der Waals surface area contributed by atoms with Crippen LogP contribution >= 0.6 is 0 Å². The van der Waals surface area contributed by atoms with Gasteiger partial charge in [-0.2, -0.15) is 30.3 Å². The Morgan fingerprint density at radius 1 is 0.889 bits per heavy atom. The van der Waals surface area contributed by atoms with E-state index in [9.17, 15) is 5.11 Å². The van der Waals surface area contributed by atoms with Gasteiger partial charge in [0, 0.05) is 5.60 Å². The van der Waals surface area contributed by atoms with E-state index in [1.807, 2.05) is 82.3 Å². The monoisotopic (exact) mass is 286 g/mol. The molecule has 1 nitrogen and oxygen atoms in total. The summed E-state index contributed by atoms with van der Waals surface area (Å²) in [4.78, 5) is 0. The fourth-order valence-corrected chi connectivity index (χ4v) is 1.45. The maximum atomic E-state index is 10.2. The van der Waals surface area contributed by atoms with Gasteiger partial charge in [-0.15, -0.1) is 5.56 Å². The molecule has 100 valence electrons. The van der Waals surface area contributed by atoms with Gasteiger partial charge in [-0.1, -0.05) is 20.8 Å². The van der Waals surface area contributed by atoms with Crippen LogP contribution in [0.3, 0.4) is 0 Å². The van der Waals surface area contributed by atoms with Crippen molar-refractivity contribution in [2.75, 3.05) is 0 Å². The molecule has 2 rings (SSSR count). The van der Waals surface area contributed by atoms with Crippen molar-refractivity contribution in [3.8, 4) is 0 Å². The molecule has 1 N–H and O–H groups in total. The van der Waals surface area contributed by atoms with Crippen LogP contribution in [-0.2, 0) is 22.7 Å². The van der Waals surface area contributed by atoms with Crippen molar-refractivity contribution in [3.63, 3.8) is 0 Å². The fourth-order valence-electron chi connectivity index (χ4n) is 1.45. The first kappa shape index (κ1) is 17.2. The second-order valence-electron chi connectivity index (χ2n) is 5.46. The van der Waals surface area contributed by atoms with E-state index in [4.69, 9.17) is 0 Å². The Morgan fingerprint density at radius 3 is 1.61 bits per heavy atom. The van der Waals surface area contributed by atoms with Gasteiger partial charge in [0.2, 0.25) is 0 Å². The van der Waals surface area contributed by atoms with Crippen LogP contribution in [0.4, 0.5) is 0 Å². The molecule has 2 aromatic rings. The smallest absolute Gasteiger partial charge is 0.397 e. The summed E-state index contributed by atoms with van der Waals surface area (Å²) >= 11 is 0. The molecule has 0 fully saturated rings. The van der Waals surface area contributed by atoms with E-state index in [0.717, 1.165) is 5.56 Å². The Bertz CT molecular complexity index is 374. The van der Waals surface area contributed by atoms with Crippen molar-refractivity contribution in [1.82, 2.24) is 0 Å². The van der Waals surface area contributed by atoms with Gasteiger partial charge in [0.15, 0.2) is 0 Å². The van der Waals surface area contributed by atoms with Gasteiger partial charge in [0.05, 0.1) is 0 Å². The minimum atomic E-state index is -0.740. The summed E-state index contributed by atoms with van der Waals surface area (Å²) in [5.41, 5.74) is 0.132. The summed E-state index contributed by atoms with van der Waals surface area (Å²) in [5.74, 6) is 0. The van der Waals surface area contributed by atoms with Crippen LogP contribution in [-0.4, -0.2) is 5.11 Å². The normalized spacial score (nSPS) is 13.8. The van der Waals surface area contributed by atoms with Crippen molar-refractivity contribution in [1.29, 1.82) is 0 Å². The van der Waals surface area contributed by atoms with Gasteiger partial charge in [-0.25, -0.2) is 24.3 Å². The largest absolute Gasteiger partial charge is 2.00 e. The quantitative estimate of drug-likeness (QED) is 0.619. The maximum Gasteiger partial charge on any atom is 2.00 e. The molecule has 0 aliphatic rings. The fraction of sp³-hybridized carbons (Fsp3) is 0.375. The standard InChI is InChI=1S/C11H17O.C5H5.Fe/c1-10(2,3)11(4,12)9-7-5-6-8-9;1-2-4-5-3-1;/h5-8,12H,1-4H3;1-5H;/q2*-1;+2. The van der Waals surface area contributed by atoms with Gasteiger partial charge in [0.1, 0.15) is 0 Å². The first-order chi connectivity index (χ1) is 7.86. The molecule has 0 heterocycles. The van der Waals surface area contributed by atoms with E-state index in [0.29, 0.717) is 0 Å². The van der Waals surface area contributed by atoms with Crippen molar-refractivity contribution >= 4 is 0 Å². The number of hydrogen-bond donors (Lipinski definition) is 1. The zero-order chi connectivity index (χ0) is 12.9. The summed E-state index contributed by atoms with van der Waals surface area (Å²) in [6, 6.07) is 17.8. The molecular formula is C16H22FeO. The molecule has 1 atom stereocenters. The molecule has 2 heteroatoms. The molecule has 0 amide bonds. The molecule has 0 saturated carbocycles. The minimum absolute atomic E-state index is 0. The summed E-state index contributed by atoms with van der Waals surface area (Å²) in [7, 11) is 0. The Kier molecular flexibility index (Phi) is 6.62. The van der Waals surface area contributed by atoms with E-state index in [1.165, 1.54) is 0 Å². The maximum absolute atomic E-state index is 10.2. The Morgan fingerprint density at radius 2 is 1.33 bits per heavy atom. The third-order valence-electron chi connectivity index (χ3n) is 3.24. The van der Waals surface area contributed by atoms with Crippen LogP contribution in [0, 0.1) is 5.41 Å². The van der Waals surface area contributed by atoms with Gasteiger partial charge < -0.3 is 5.11 Å². The third kappa shape index (κ3) is 4.45. The molecule has 18 heavy (non-hydrogen) atoms.